The standard InChI is InChI=1S/C15H24N2O2/c1-15(2,3)19-14(18)17(12-11-16(4)5)13-9-7-6-8-10-13/h6-10H,11-12H2,1-5H3. The van der Waals surface area contributed by atoms with Gasteiger partial charge in [-0.3, -0.25) is 4.90 Å². The van der Waals surface area contributed by atoms with Gasteiger partial charge in [-0.2, -0.15) is 0 Å². The van der Waals surface area contributed by atoms with Gasteiger partial charge in [-0.25, -0.2) is 4.79 Å². The Kier molecular flexibility index (Phi) is 5.36. The van der Waals surface area contributed by atoms with Crippen molar-refractivity contribution in [3.63, 3.8) is 0 Å². The molecule has 0 aliphatic carbocycles. The number of rotatable bonds is 4. The average Bonchev–Trinajstić information content (AvgIpc) is 2.27. The number of hydrogen-bond acceptors (Lipinski definition) is 3. The zero-order chi connectivity index (χ0) is 14.5. The predicted molar refractivity (Wildman–Crippen MR) is 78.6 cm³/mol. The van der Waals surface area contributed by atoms with Gasteiger partial charge in [-0.15, -0.1) is 0 Å². The highest BCUT2D eigenvalue weighted by molar-refractivity contribution is 5.87. The van der Waals surface area contributed by atoms with Crippen molar-refractivity contribution < 1.29 is 9.53 Å². The second-order valence-corrected chi connectivity index (χ2v) is 5.77. The smallest absolute Gasteiger partial charge is 0.414 e. The Morgan fingerprint density at radius 2 is 1.68 bits per heavy atom. The molecule has 0 aliphatic rings. The molecule has 0 aliphatic heterocycles. The second-order valence-electron chi connectivity index (χ2n) is 5.77. The van der Waals surface area contributed by atoms with Gasteiger partial charge in [-0.1, -0.05) is 18.2 Å². The van der Waals surface area contributed by atoms with E-state index in [1.165, 1.54) is 0 Å². The number of benzene rings is 1. The topological polar surface area (TPSA) is 32.8 Å². The van der Waals surface area contributed by atoms with Crippen molar-refractivity contribution >= 4 is 11.8 Å². The highest BCUT2D eigenvalue weighted by Gasteiger charge is 2.23. The van der Waals surface area contributed by atoms with E-state index in [1.54, 1.807) is 4.90 Å². The maximum Gasteiger partial charge on any atom is 0.414 e. The van der Waals surface area contributed by atoms with Crippen LogP contribution in [-0.4, -0.2) is 43.8 Å². The molecule has 0 unspecified atom stereocenters. The molecular weight excluding hydrogens is 240 g/mol. The van der Waals surface area contributed by atoms with Gasteiger partial charge >= 0.3 is 6.09 Å². The van der Waals surface area contributed by atoms with E-state index in [4.69, 9.17) is 4.74 Å². The van der Waals surface area contributed by atoms with Crippen LogP contribution < -0.4 is 4.90 Å². The van der Waals surface area contributed by atoms with Gasteiger partial charge in [0.2, 0.25) is 0 Å². The molecule has 0 atom stereocenters. The molecule has 4 nitrogen and oxygen atoms in total. The van der Waals surface area contributed by atoms with E-state index >= 15 is 0 Å². The molecule has 0 saturated carbocycles. The average molecular weight is 264 g/mol. The maximum absolute atomic E-state index is 12.3. The lowest BCUT2D eigenvalue weighted by Crippen LogP contribution is -2.40. The molecule has 0 spiro atoms. The first kappa shape index (κ1) is 15.5. The van der Waals surface area contributed by atoms with Crippen LogP contribution in [0.4, 0.5) is 10.5 Å². The molecule has 106 valence electrons. The Balaban J connectivity index is 2.83. The van der Waals surface area contributed by atoms with Crippen LogP contribution in [0.5, 0.6) is 0 Å². The molecule has 0 N–H and O–H groups in total. The van der Waals surface area contributed by atoms with Gasteiger partial charge in [0.15, 0.2) is 0 Å². The number of para-hydroxylation sites is 1. The maximum atomic E-state index is 12.3. The molecule has 0 fully saturated rings. The summed E-state index contributed by atoms with van der Waals surface area (Å²) >= 11 is 0. The first-order chi connectivity index (χ1) is 8.79. The minimum absolute atomic E-state index is 0.305. The van der Waals surface area contributed by atoms with Gasteiger partial charge in [0.25, 0.3) is 0 Å². The Morgan fingerprint density at radius 3 is 2.16 bits per heavy atom. The van der Waals surface area contributed by atoms with Crippen molar-refractivity contribution in [1.29, 1.82) is 0 Å². The molecule has 4 heteroatoms. The molecule has 0 aromatic heterocycles. The third-order valence-corrected chi connectivity index (χ3v) is 2.45. The molecule has 1 amide bonds. The molecule has 1 aromatic carbocycles. The molecule has 0 bridgehead atoms. The van der Waals surface area contributed by atoms with E-state index in [-0.39, 0.29) is 6.09 Å². The SMILES string of the molecule is CN(C)CCN(C(=O)OC(C)(C)C)c1ccccc1. The number of hydrogen-bond donors (Lipinski definition) is 0. The summed E-state index contributed by atoms with van der Waals surface area (Å²) in [7, 11) is 3.97. The molecule has 19 heavy (non-hydrogen) atoms. The number of carbonyl (C=O) groups is 1. The number of amides is 1. The quantitative estimate of drug-likeness (QED) is 0.838. The van der Waals surface area contributed by atoms with Crippen molar-refractivity contribution in [2.24, 2.45) is 0 Å². The second kappa shape index (κ2) is 6.57. The summed E-state index contributed by atoms with van der Waals surface area (Å²) in [6, 6.07) is 9.60. The van der Waals surface area contributed by atoms with E-state index in [1.807, 2.05) is 70.1 Å². The van der Waals surface area contributed by atoms with Crippen molar-refractivity contribution in [2.45, 2.75) is 26.4 Å². The molecule has 1 rings (SSSR count). The van der Waals surface area contributed by atoms with Crippen molar-refractivity contribution in [2.75, 3.05) is 32.1 Å². The van der Waals surface area contributed by atoms with Crippen LogP contribution in [0, 0.1) is 0 Å². The lowest BCUT2D eigenvalue weighted by Gasteiger charge is -2.28. The number of ether oxygens (including phenoxy) is 1. The molecule has 0 saturated heterocycles. The fraction of sp³-hybridized carbons (Fsp3) is 0.533. The highest BCUT2D eigenvalue weighted by atomic mass is 16.6. The minimum atomic E-state index is -0.484. The largest absolute Gasteiger partial charge is 0.443 e. The normalized spacial score (nSPS) is 11.5. The van der Waals surface area contributed by atoms with E-state index in [0.29, 0.717) is 6.54 Å². The van der Waals surface area contributed by atoms with Crippen LogP contribution in [0.15, 0.2) is 30.3 Å². The summed E-state index contributed by atoms with van der Waals surface area (Å²) in [6.07, 6.45) is -0.305. The van der Waals surface area contributed by atoms with Gasteiger partial charge in [0.05, 0.1) is 0 Å². The molecule has 1 aromatic rings. The molecular formula is C15H24N2O2. The van der Waals surface area contributed by atoms with Crippen molar-refractivity contribution in [3.8, 4) is 0 Å². The monoisotopic (exact) mass is 264 g/mol. The summed E-state index contributed by atoms with van der Waals surface area (Å²) in [6.45, 7) is 7.01. The lowest BCUT2D eigenvalue weighted by molar-refractivity contribution is 0.0578. The first-order valence-electron chi connectivity index (χ1n) is 6.50. The van der Waals surface area contributed by atoms with Crippen molar-refractivity contribution in [1.82, 2.24) is 4.90 Å². The van der Waals surface area contributed by atoms with Gasteiger partial charge in [0, 0.05) is 18.8 Å². The third-order valence-electron chi connectivity index (χ3n) is 2.45. The zero-order valence-corrected chi connectivity index (χ0v) is 12.5. The summed E-state index contributed by atoms with van der Waals surface area (Å²) in [5, 5.41) is 0. The van der Waals surface area contributed by atoms with Gasteiger partial charge in [0.1, 0.15) is 5.60 Å². The first-order valence-corrected chi connectivity index (χ1v) is 6.50. The van der Waals surface area contributed by atoms with Crippen LogP contribution in [0.3, 0.4) is 0 Å². The van der Waals surface area contributed by atoms with E-state index < -0.39 is 5.60 Å². The van der Waals surface area contributed by atoms with Crippen LogP contribution >= 0.6 is 0 Å². The summed E-state index contributed by atoms with van der Waals surface area (Å²) in [4.78, 5) is 16.0. The van der Waals surface area contributed by atoms with E-state index in [9.17, 15) is 4.79 Å². The number of nitrogens with zero attached hydrogens (tertiary/aromatic N) is 2. The molecule has 0 radical (unpaired) electrons. The van der Waals surface area contributed by atoms with E-state index in [0.717, 1.165) is 12.2 Å². The van der Waals surface area contributed by atoms with Crippen LogP contribution in [0.2, 0.25) is 0 Å². The Bertz CT molecular complexity index is 396. The van der Waals surface area contributed by atoms with Gasteiger partial charge < -0.3 is 9.64 Å². The Morgan fingerprint density at radius 1 is 1.11 bits per heavy atom. The highest BCUT2D eigenvalue weighted by Crippen LogP contribution is 2.17. The van der Waals surface area contributed by atoms with E-state index in [2.05, 4.69) is 0 Å². The van der Waals surface area contributed by atoms with Crippen molar-refractivity contribution in [3.05, 3.63) is 30.3 Å². The lowest BCUT2D eigenvalue weighted by atomic mass is 10.2. The van der Waals surface area contributed by atoms with Gasteiger partial charge in [-0.05, 0) is 47.0 Å². The number of likely N-dealkylation sites (N-methyl/N-ethyl adjacent to an activating group) is 1. The fourth-order valence-electron chi connectivity index (χ4n) is 1.55. The summed E-state index contributed by atoms with van der Waals surface area (Å²) in [5.41, 5.74) is 0.376. The summed E-state index contributed by atoms with van der Waals surface area (Å²) in [5.74, 6) is 0. The predicted octanol–water partition coefficient (Wildman–Crippen LogP) is 2.99. The minimum Gasteiger partial charge on any atom is -0.443 e. The zero-order valence-electron chi connectivity index (χ0n) is 12.5. The Labute approximate surface area is 116 Å². The number of anilines is 1. The fourth-order valence-corrected chi connectivity index (χ4v) is 1.55. The van der Waals surface area contributed by atoms with Crippen LogP contribution in [0.1, 0.15) is 20.8 Å². The third kappa shape index (κ3) is 5.75. The number of carbonyl (C=O) groups excluding carboxylic acids is 1. The summed E-state index contributed by atoms with van der Waals surface area (Å²) < 4.78 is 5.46. The Hall–Kier alpha value is -1.55. The van der Waals surface area contributed by atoms with Crippen LogP contribution in [-0.2, 0) is 4.74 Å². The van der Waals surface area contributed by atoms with Crippen LogP contribution in [0.25, 0.3) is 0 Å². The molecule has 0 heterocycles.